The first-order valence-electron chi connectivity index (χ1n) is 10.0. The minimum atomic E-state index is -0.685. The van der Waals surface area contributed by atoms with E-state index in [0.29, 0.717) is 6.42 Å². The number of rotatable bonds is 4. The third kappa shape index (κ3) is 3.26. The summed E-state index contributed by atoms with van der Waals surface area (Å²) < 4.78 is 0. The molecule has 0 aromatic heterocycles. The van der Waals surface area contributed by atoms with Crippen molar-refractivity contribution in [2.45, 2.75) is 64.2 Å². The van der Waals surface area contributed by atoms with Gasteiger partial charge in [0.05, 0.1) is 5.41 Å². The molecule has 0 atom stereocenters. The maximum Gasteiger partial charge on any atom is 0.248 e. The van der Waals surface area contributed by atoms with Crippen LogP contribution in [-0.2, 0) is 15.0 Å². The molecule has 4 fully saturated rings. The molecule has 0 unspecified atom stereocenters. The van der Waals surface area contributed by atoms with Crippen molar-refractivity contribution in [2.24, 2.45) is 23.2 Å². The summed E-state index contributed by atoms with van der Waals surface area (Å²) in [7, 11) is 0. The Hall–Kier alpha value is -1.84. The summed E-state index contributed by atoms with van der Waals surface area (Å²) in [4.78, 5) is 25.2. The Kier molecular flexibility index (Phi) is 4.32. The molecule has 5 rings (SSSR count). The molecule has 0 aliphatic heterocycles. The standard InChI is InChI=1S/C22H30N2O2/c1-21(2,18-6-4-3-5-7-18)20(26)24-23-19(25)14-22-11-15-8-16(12-22)10-17(9-15)13-22/h3-7,15-17H,8-14H2,1-2H3,(H,23,25)(H,24,26). The van der Waals surface area contributed by atoms with Crippen LogP contribution in [0.5, 0.6) is 0 Å². The van der Waals surface area contributed by atoms with Crippen molar-refractivity contribution in [3.63, 3.8) is 0 Å². The number of benzene rings is 1. The molecule has 0 saturated heterocycles. The first-order valence-corrected chi connectivity index (χ1v) is 10.0. The highest BCUT2D eigenvalue weighted by atomic mass is 16.2. The van der Waals surface area contributed by atoms with E-state index in [1.807, 2.05) is 44.2 Å². The van der Waals surface area contributed by atoms with E-state index in [2.05, 4.69) is 10.9 Å². The normalized spacial score (nSPS) is 32.3. The summed E-state index contributed by atoms with van der Waals surface area (Å²) in [5.41, 5.74) is 5.81. The third-order valence-corrected chi connectivity index (χ3v) is 7.08. The molecule has 2 amide bonds. The van der Waals surface area contributed by atoms with E-state index in [1.54, 1.807) is 0 Å². The van der Waals surface area contributed by atoms with E-state index in [0.717, 1.165) is 23.3 Å². The molecule has 4 bridgehead atoms. The van der Waals surface area contributed by atoms with Crippen molar-refractivity contribution in [2.75, 3.05) is 0 Å². The van der Waals surface area contributed by atoms with Gasteiger partial charge in [0.15, 0.2) is 0 Å². The SMILES string of the molecule is CC(C)(C(=O)NNC(=O)CC12CC3CC(CC(C3)C1)C2)c1ccccc1. The van der Waals surface area contributed by atoms with Crippen LogP contribution in [0.2, 0.25) is 0 Å². The topological polar surface area (TPSA) is 58.2 Å². The van der Waals surface area contributed by atoms with Gasteiger partial charge in [-0.2, -0.15) is 0 Å². The van der Waals surface area contributed by atoms with Gasteiger partial charge in [0.25, 0.3) is 0 Å². The zero-order valence-electron chi connectivity index (χ0n) is 15.9. The van der Waals surface area contributed by atoms with Crippen LogP contribution in [0.1, 0.15) is 64.4 Å². The van der Waals surface area contributed by atoms with Gasteiger partial charge in [-0.05, 0) is 81.1 Å². The lowest BCUT2D eigenvalue weighted by Crippen LogP contribution is -2.52. The number of hydrogen-bond donors (Lipinski definition) is 2. The molecule has 2 N–H and O–H groups in total. The highest BCUT2D eigenvalue weighted by Crippen LogP contribution is 2.61. The minimum Gasteiger partial charge on any atom is -0.273 e. The highest BCUT2D eigenvalue weighted by molar-refractivity contribution is 5.89. The molecule has 4 saturated carbocycles. The van der Waals surface area contributed by atoms with Gasteiger partial charge >= 0.3 is 0 Å². The number of carbonyl (C=O) groups is 2. The predicted octanol–water partition coefficient (Wildman–Crippen LogP) is 3.72. The number of hydrogen-bond acceptors (Lipinski definition) is 2. The molecule has 140 valence electrons. The Bertz CT molecular complexity index is 660. The summed E-state index contributed by atoms with van der Waals surface area (Å²) in [6.45, 7) is 3.76. The molecule has 4 heteroatoms. The van der Waals surface area contributed by atoms with Gasteiger partial charge in [-0.1, -0.05) is 30.3 Å². The van der Waals surface area contributed by atoms with Crippen molar-refractivity contribution >= 4 is 11.8 Å². The fourth-order valence-electron chi connectivity index (χ4n) is 6.16. The van der Waals surface area contributed by atoms with E-state index < -0.39 is 5.41 Å². The molecule has 1 aromatic carbocycles. The van der Waals surface area contributed by atoms with Crippen molar-refractivity contribution < 1.29 is 9.59 Å². The average Bonchev–Trinajstić information content (AvgIpc) is 2.58. The molecule has 1 aromatic rings. The van der Waals surface area contributed by atoms with Crippen LogP contribution in [-0.4, -0.2) is 11.8 Å². The maximum atomic E-state index is 12.6. The third-order valence-electron chi connectivity index (χ3n) is 7.08. The second kappa shape index (κ2) is 6.40. The van der Waals surface area contributed by atoms with Gasteiger partial charge in [0.1, 0.15) is 0 Å². The Morgan fingerprint density at radius 2 is 1.50 bits per heavy atom. The van der Waals surface area contributed by atoms with E-state index in [4.69, 9.17) is 0 Å². The molecule has 0 heterocycles. The van der Waals surface area contributed by atoms with Gasteiger partial charge in [-0.25, -0.2) is 0 Å². The summed E-state index contributed by atoms with van der Waals surface area (Å²) in [5.74, 6) is 2.29. The van der Waals surface area contributed by atoms with Crippen LogP contribution in [0.25, 0.3) is 0 Å². The van der Waals surface area contributed by atoms with Gasteiger partial charge in [-0.15, -0.1) is 0 Å². The molecular weight excluding hydrogens is 324 g/mol. The molecule has 0 spiro atoms. The Morgan fingerprint density at radius 1 is 0.962 bits per heavy atom. The zero-order chi connectivity index (χ0) is 18.4. The number of amides is 2. The van der Waals surface area contributed by atoms with Crippen LogP contribution in [0.4, 0.5) is 0 Å². The minimum absolute atomic E-state index is 0.0378. The molecular formula is C22H30N2O2. The van der Waals surface area contributed by atoms with Gasteiger partial charge in [0.2, 0.25) is 11.8 Å². The van der Waals surface area contributed by atoms with E-state index in [9.17, 15) is 9.59 Å². The monoisotopic (exact) mass is 354 g/mol. The van der Waals surface area contributed by atoms with Crippen molar-refractivity contribution in [1.82, 2.24) is 10.9 Å². The Balaban J connectivity index is 1.34. The predicted molar refractivity (Wildman–Crippen MR) is 101 cm³/mol. The van der Waals surface area contributed by atoms with Gasteiger partial charge in [0, 0.05) is 6.42 Å². The molecule has 4 aliphatic rings. The van der Waals surface area contributed by atoms with Crippen LogP contribution in [0.15, 0.2) is 30.3 Å². The number of hydrazine groups is 1. The molecule has 4 aliphatic carbocycles. The lowest BCUT2D eigenvalue weighted by atomic mass is 9.49. The summed E-state index contributed by atoms with van der Waals surface area (Å²) in [6.07, 6.45) is 8.30. The highest BCUT2D eigenvalue weighted by Gasteiger charge is 2.51. The Labute approximate surface area is 156 Å². The molecule has 4 nitrogen and oxygen atoms in total. The molecule has 0 radical (unpaired) electrons. The van der Waals surface area contributed by atoms with Crippen molar-refractivity contribution in [3.8, 4) is 0 Å². The average molecular weight is 354 g/mol. The zero-order valence-corrected chi connectivity index (χ0v) is 15.9. The van der Waals surface area contributed by atoms with E-state index in [1.165, 1.54) is 38.5 Å². The second-order valence-corrected chi connectivity index (χ2v) is 9.59. The van der Waals surface area contributed by atoms with Crippen molar-refractivity contribution in [1.29, 1.82) is 0 Å². The summed E-state index contributed by atoms with van der Waals surface area (Å²) >= 11 is 0. The Morgan fingerprint density at radius 3 is 2.04 bits per heavy atom. The first kappa shape index (κ1) is 17.6. The van der Waals surface area contributed by atoms with E-state index in [-0.39, 0.29) is 17.2 Å². The second-order valence-electron chi connectivity index (χ2n) is 9.59. The first-order chi connectivity index (χ1) is 12.4. The lowest BCUT2D eigenvalue weighted by Gasteiger charge is -2.56. The number of carbonyl (C=O) groups excluding carboxylic acids is 2. The smallest absolute Gasteiger partial charge is 0.248 e. The summed E-state index contributed by atoms with van der Waals surface area (Å²) in [6, 6.07) is 9.67. The van der Waals surface area contributed by atoms with Gasteiger partial charge < -0.3 is 0 Å². The fraction of sp³-hybridized carbons (Fsp3) is 0.636. The quantitative estimate of drug-likeness (QED) is 0.810. The van der Waals surface area contributed by atoms with Crippen molar-refractivity contribution in [3.05, 3.63) is 35.9 Å². The van der Waals surface area contributed by atoms with Gasteiger partial charge in [-0.3, -0.25) is 20.4 Å². The molecule has 26 heavy (non-hydrogen) atoms. The van der Waals surface area contributed by atoms with Crippen LogP contribution in [0.3, 0.4) is 0 Å². The number of nitrogens with one attached hydrogen (secondary N) is 2. The lowest BCUT2D eigenvalue weighted by molar-refractivity contribution is -0.135. The van der Waals surface area contributed by atoms with Crippen LogP contribution >= 0.6 is 0 Å². The van der Waals surface area contributed by atoms with E-state index >= 15 is 0 Å². The fourth-order valence-corrected chi connectivity index (χ4v) is 6.16. The van der Waals surface area contributed by atoms with Crippen LogP contribution in [0, 0.1) is 23.2 Å². The summed E-state index contributed by atoms with van der Waals surface area (Å²) in [5, 5.41) is 0. The largest absolute Gasteiger partial charge is 0.273 e. The van der Waals surface area contributed by atoms with Crippen LogP contribution < -0.4 is 10.9 Å². The maximum absolute atomic E-state index is 12.6.